The predicted octanol–water partition coefficient (Wildman–Crippen LogP) is 3.36. The van der Waals surface area contributed by atoms with Crippen LogP contribution in [0.15, 0.2) is 60.9 Å². The largest absolute Gasteiger partial charge is 0.336 e. The van der Waals surface area contributed by atoms with Gasteiger partial charge in [0.15, 0.2) is 5.78 Å². The lowest BCUT2D eigenvalue weighted by Gasteiger charge is -2.23. The molecule has 0 saturated carbocycles. The SMILES string of the molecule is O=C(C[C@@H]1CCCN1C(=O)/C=C/c1cccnc1)c1ccccc1. The number of rotatable bonds is 5. The van der Waals surface area contributed by atoms with Crippen molar-refractivity contribution in [3.05, 3.63) is 72.1 Å². The highest BCUT2D eigenvalue weighted by Gasteiger charge is 2.29. The van der Waals surface area contributed by atoms with Gasteiger partial charge in [0, 0.05) is 43.0 Å². The summed E-state index contributed by atoms with van der Waals surface area (Å²) >= 11 is 0. The third-order valence-electron chi connectivity index (χ3n) is 4.28. The number of aromatic nitrogens is 1. The molecular weight excluding hydrogens is 300 g/mol. The number of carbonyl (C=O) groups excluding carboxylic acids is 2. The Kier molecular flexibility index (Phi) is 5.16. The Bertz CT molecular complexity index is 726. The van der Waals surface area contributed by atoms with Crippen LogP contribution in [0.25, 0.3) is 6.08 Å². The van der Waals surface area contributed by atoms with Crippen LogP contribution in [0.1, 0.15) is 35.2 Å². The summed E-state index contributed by atoms with van der Waals surface area (Å²) in [6.45, 7) is 0.711. The number of Topliss-reactive ketones (excluding diaryl/α,β-unsaturated/α-hetero) is 1. The number of carbonyl (C=O) groups is 2. The van der Waals surface area contributed by atoms with Gasteiger partial charge in [0.05, 0.1) is 0 Å². The first-order valence-corrected chi connectivity index (χ1v) is 8.21. The smallest absolute Gasteiger partial charge is 0.246 e. The van der Waals surface area contributed by atoms with E-state index in [1.807, 2.05) is 47.4 Å². The molecule has 1 atom stereocenters. The second kappa shape index (κ2) is 7.68. The molecule has 0 bridgehead atoms. The summed E-state index contributed by atoms with van der Waals surface area (Å²) < 4.78 is 0. The van der Waals surface area contributed by atoms with Crippen LogP contribution < -0.4 is 0 Å². The van der Waals surface area contributed by atoms with E-state index >= 15 is 0 Å². The van der Waals surface area contributed by atoms with E-state index in [-0.39, 0.29) is 17.7 Å². The molecule has 24 heavy (non-hydrogen) atoms. The van der Waals surface area contributed by atoms with Gasteiger partial charge in [0.2, 0.25) is 5.91 Å². The molecule has 0 spiro atoms. The molecular formula is C20H20N2O2. The summed E-state index contributed by atoms with van der Waals surface area (Å²) in [7, 11) is 0. The average molecular weight is 320 g/mol. The first-order valence-electron chi connectivity index (χ1n) is 8.21. The molecule has 1 aliphatic heterocycles. The second-order valence-corrected chi connectivity index (χ2v) is 5.94. The van der Waals surface area contributed by atoms with Crippen LogP contribution in [-0.2, 0) is 4.79 Å². The maximum absolute atomic E-state index is 12.5. The highest BCUT2D eigenvalue weighted by Crippen LogP contribution is 2.22. The minimum Gasteiger partial charge on any atom is -0.336 e. The van der Waals surface area contributed by atoms with E-state index in [4.69, 9.17) is 0 Å². The van der Waals surface area contributed by atoms with Crippen molar-refractivity contribution in [2.75, 3.05) is 6.54 Å². The van der Waals surface area contributed by atoms with Crippen molar-refractivity contribution in [3.63, 3.8) is 0 Å². The van der Waals surface area contributed by atoms with E-state index in [0.29, 0.717) is 18.5 Å². The molecule has 0 aliphatic carbocycles. The minimum absolute atomic E-state index is 0.0104. The molecule has 122 valence electrons. The van der Waals surface area contributed by atoms with E-state index < -0.39 is 0 Å². The van der Waals surface area contributed by atoms with Crippen LogP contribution >= 0.6 is 0 Å². The highest BCUT2D eigenvalue weighted by molar-refractivity contribution is 5.97. The van der Waals surface area contributed by atoms with Crippen molar-refractivity contribution >= 4 is 17.8 Å². The molecule has 3 rings (SSSR count). The van der Waals surface area contributed by atoms with E-state index in [1.54, 1.807) is 24.5 Å². The number of hydrogen-bond acceptors (Lipinski definition) is 3. The van der Waals surface area contributed by atoms with Crippen molar-refractivity contribution in [1.29, 1.82) is 0 Å². The lowest BCUT2D eigenvalue weighted by molar-refractivity contribution is -0.126. The van der Waals surface area contributed by atoms with E-state index in [9.17, 15) is 9.59 Å². The zero-order valence-electron chi connectivity index (χ0n) is 13.5. The number of pyridine rings is 1. The number of hydrogen-bond donors (Lipinski definition) is 0. The molecule has 2 heterocycles. The van der Waals surface area contributed by atoms with Gasteiger partial charge >= 0.3 is 0 Å². The summed E-state index contributed by atoms with van der Waals surface area (Å²) in [6, 6.07) is 13.0. The van der Waals surface area contributed by atoms with E-state index in [1.165, 1.54) is 0 Å². The Hall–Kier alpha value is -2.75. The predicted molar refractivity (Wildman–Crippen MR) is 93.4 cm³/mol. The van der Waals surface area contributed by atoms with Gasteiger partial charge in [-0.3, -0.25) is 14.6 Å². The van der Waals surface area contributed by atoms with Crippen molar-refractivity contribution in [1.82, 2.24) is 9.88 Å². The maximum atomic E-state index is 12.5. The molecule has 1 aromatic carbocycles. The summed E-state index contributed by atoms with van der Waals surface area (Å²) in [5.41, 5.74) is 1.60. The van der Waals surface area contributed by atoms with Crippen LogP contribution in [0, 0.1) is 0 Å². The molecule has 1 saturated heterocycles. The lowest BCUT2D eigenvalue weighted by Crippen LogP contribution is -2.35. The molecule has 1 amide bonds. The highest BCUT2D eigenvalue weighted by atomic mass is 16.2. The molecule has 0 N–H and O–H groups in total. The molecule has 4 nitrogen and oxygen atoms in total. The number of likely N-dealkylation sites (tertiary alicyclic amines) is 1. The molecule has 1 aliphatic rings. The van der Waals surface area contributed by atoms with Gasteiger partial charge < -0.3 is 4.90 Å². The third-order valence-corrected chi connectivity index (χ3v) is 4.28. The second-order valence-electron chi connectivity index (χ2n) is 5.94. The third kappa shape index (κ3) is 3.96. The Morgan fingerprint density at radius 2 is 2.00 bits per heavy atom. The molecule has 2 aromatic rings. The Labute approximate surface area is 141 Å². The summed E-state index contributed by atoms with van der Waals surface area (Å²) in [5.74, 6) is 0.0544. The van der Waals surface area contributed by atoms with Crippen LogP contribution in [-0.4, -0.2) is 34.2 Å². The Morgan fingerprint density at radius 3 is 2.75 bits per heavy atom. The van der Waals surface area contributed by atoms with Crippen molar-refractivity contribution in [3.8, 4) is 0 Å². The maximum Gasteiger partial charge on any atom is 0.246 e. The zero-order valence-corrected chi connectivity index (χ0v) is 13.5. The molecule has 0 unspecified atom stereocenters. The molecule has 4 heteroatoms. The van der Waals surface area contributed by atoms with Crippen LogP contribution in [0.4, 0.5) is 0 Å². The van der Waals surface area contributed by atoms with Crippen LogP contribution in [0.3, 0.4) is 0 Å². The fraction of sp³-hybridized carbons (Fsp3) is 0.250. The average Bonchev–Trinajstić information content (AvgIpc) is 3.09. The van der Waals surface area contributed by atoms with Crippen LogP contribution in [0.5, 0.6) is 0 Å². The fourth-order valence-corrected chi connectivity index (χ4v) is 3.03. The zero-order chi connectivity index (χ0) is 16.8. The molecule has 1 aromatic heterocycles. The first kappa shape index (κ1) is 16.1. The quantitative estimate of drug-likeness (QED) is 0.627. The Balaban J connectivity index is 1.63. The number of amides is 1. The fourth-order valence-electron chi connectivity index (χ4n) is 3.03. The normalized spacial score (nSPS) is 17.3. The number of ketones is 1. The first-order chi connectivity index (χ1) is 11.7. The monoisotopic (exact) mass is 320 g/mol. The van der Waals surface area contributed by atoms with Crippen LogP contribution in [0.2, 0.25) is 0 Å². The van der Waals surface area contributed by atoms with E-state index in [2.05, 4.69) is 4.98 Å². The standard InChI is InChI=1S/C20H20N2O2/c23-19(17-7-2-1-3-8-17)14-18-9-5-13-22(18)20(24)11-10-16-6-4-12-21-15-16/h1-4,6-8,10-12,15,18H,5,9,13-14H2/b11-10+/t18-/m0/s1. The topological polar surface area (TPSA) is 50.3 Å². The van der Waals surface area contributed by atoms with Crippen molar-refractivity contribution < 1.29 is 9.59 Å². The van der Waals surface area contributed by atoms with E-state index in [0.717, 1.165) is 18.4 Å². The summed E-state index contributed by atoms with van der Waals surface area (Å²) in [4.78, 5) is 30.7. The molecule has 0 radical (unpaired) electrons. The van der Waals surface area contributed by atoms with Gasteiger partial charge in [0.25, 0.3) is 0 Å². The lowest BCUT2D eigenvalue weighted by atomic mass is 10.0. The van der Waals surface area contributed by atoms with Gasteiger partial charge in [0.1, 0.15) is 0 Å². The van der Waals surface area contributed by atoms with Gasteiger partial charge in [-0.2, -0.15) is 0 Å². The molecule has 1 fully saturated rings. The number of nitrogens with zero attached hydrogens (tertiary/aromatic N) is 2. The Morgan fingerprint density at radius 1 is 1.17 bits per heavy atom. The van der Waals surface area contributed by atoms with Gasteiger partial charge in [-0.1, -0.05) is 36.4 Å². The summed E-state index contributed by atoms with van der Waals surface area (Å²) in [5, 5.41) is 0. The van der Waals surface area contributed by atoms with Gasteiger partial charge in [-0.05, 0) is 30.5 Å². The van der Waals surface area contributed by atoms with Gasteiger partial charge in [-0.25, -0.2) is 0 Å². The minimum atomic E-state index is -0.0396. The van der Waals surface area contributed by atoms with Gasteiger partial charge in [-0.15, -0.1) is 0 Å². The van der Waals surface area contributed by atoms with Crippen molar-refractivity contribution in [2.24, 2.45) is 0 Å². The number of benzene rings is 1. The van der Waals surface area contributed by atoms with Crippen molar-refractivity contribution in [2.45, 2.75) is 25.3 Å². The summed E-state index contributed by atoms with van der Waals surface area (Å²) in [6.07, 6.45) is 8.96.